The van der Waals surface area contributed by atoms with Crippen molar-refractivity contribution in [2.45, 2.75) is 51.7 Å². The number of hydrogen-bond donors (Lipinski definition) is 1. The second-order valence-electron chi connectivity index (χ2n) is 6.37. The lowest BCUT2D eigenvalue weighted by Crippen LogP contribution is -2.44. The zero-order valence-electron chi connectivity index (χ0n) is 14.3. The zero-order chi connectivity index (χ0) is 17.2. The number of ether oxygens (including phenoxy) is 1. The van der Waals surface area contributed by atoms with Crippen molar-refractivity contribution in [3.05, 3.63) is 48.0 Å². The van der Waals surface area contributed by atoms with Gasteiger partial charge in [0.2, 0.25) is 0 Å². The maximum absolute atomic E-state index is 12.0. The van der Waals surface area contributed by atoms with E-state index in [9.17, 15) is 9.59 Å². The summed E-state index contributed by atoms with van der Waals surface area (Å²) >= 11 is 0. The monoisotopic (exact) mass is 329 g/mol. The lowest BCUT2D eigenvalue weighted by Gasteiger charge is -2.31. The highest BCUT2D eigenvalue weighted by atomic mass is 16.5. The maximum Gasteiger partial charge on any atom is 0.407 e. The van der Waals surface area contributed by atoms with Crippen LogP contribution in [0.5, 0.6) is 0 Å². The highest BCUT2D eigenvalue weighted by Crippen LogP contribution is 2.29. The first-order valence-corrected chi connectivity index (χ1v) is 8.83. The van der Waals surface area contributed by atoms with Crippen LogP contribution in [0.15, 0.2) is 42.5 Å². The van der Waals surface area contributed by atoms with Crippen LogP contribution in [0, 0.1) is 11.8 Å². The lowest BCUT2D eigenvalue weighted by atomic mass is 9.78. The molecule has 0 bridgehead atoms. The van der Waals surface area contributed by atoms with Crippen LogP contribution in [0.3, 0.4) is 0 Å². The number of allylic oxidation sites excluding steroid dienone is 1. The average molecular weight is 329 g/mol. The van der Waals surface area contributed by atoms with E-state index in [1.54, 1.807) is 0 Å². The minimum absolute atomic E-state index is 0.170. The number of alkyl carbamates (subject to hydrolysis) is 1. The molecule has 1 aliphatic rings. The molecule has 0 aliphatic heterocycles. The summed E-state index contributed by atoms with van der Waals surface area (Å²) in [4.78, 5) is 23.6. The summed E-state index contributed by atoms with van der Waals surface area (Å²) in [7, 11) is 0. The fourth-order valence-electron chi connectivity index (χ4n) is 3.19. The number of carbonyl (C=O) groups is 2. The van der Waals surface area contributed by atoms with E-state index in [1.165, 1.54) is 12.8 Å². The second-order valence-corrected chi connectivity index (χ2v) is 6.37. The Morgan fingerprint density at radius 3 is 2.79 bits per heavy atom. The van der Waals surface area contributed by atoms with Gasteiger partial charge in [-0.25, -0.2) is 4.79 Å². The molecule has 2 unspecified atom stereocenters. The van der Waals surface area contributed by atoms with Crippen molar-refractivity contribution in [1.82, 2.24) is 5.32 Å². The summed E-state index contributed by atoms with van der Waals surface area (Å²) in [5.74, 6) is 0.134. The van der Waals surface area contributed by atoms with Gasteiger partial charge in [-0.15, -0.1) is 0 Å². The molecule has 3 atom stereocenters. The average Bonchev–Trinajstić information content (AvgIpc) is 2.61. The number of aldehydes is 1. The molecule has 24 heavy (non-hydrogen) atoms. The molecule has 0 heterocycles. The molecule has 0 fully saturated rings. The van der Waals surface area contributed by atoms with Gasteiger partial charge in [-0.1, -0.05) is 68.7 Å². The summed E-state index contributed by atoms with van der Waals surface area (Å²) in [6.45, 7) is 2.40. The van der Waals surface area contributed by atoms with Crippen LogP contribution in [-0.4, -0.2) is 18.4 Å². The van der Waals surface area contributed by atoms with E-state index in [0.29, 0.717) is 5.92 Å². The van der Waals surface area contributed by atoms with Gasteiger partial charge in [0.15, 0.2) is 0 Å². The van der Waals surface area contributed by atoms with Crippen LogP contribution in [0.1, 0.15) is 44.6 Å². The Morgan fingerprint density at radius 2 is 2.08 bits per heavy atom. The van der Waals surface area contributed by atoms with Gasteiger partial charge in [0.05, 0.1) is 6.04 Å². The predicted molar refractivity (Wildman–Crippen MR) is 94.5 cm³/mol. The Bertz CT molecular complexity index is 541. The third-order valence-corrected chi connectivity index (χ3v) is 4.57. The van der Waals surface area contributed by atoms with E-state index in [1.807, 2.05) is 36.4 Å². The number of carbonyl (C=O) groups excluding carboxylic acids is 2. The molecule has 0 saturated carbocycles. The molecule has 2 rings (SSSR count). The summed E-state index contributed by atoms with van der Waals surface area (Å²) in [5.41, 5.74) is 0.941. The molecular weight excluding hydrogens is 302 g/mol. The van der Waals surface area contributed by atoms with Crippen molar-refractivity contribution in [2.75, 3.05) is 0 Å². The largest absolute Gasteiger partial charge is 0.445 e. The normalized spacial score (nSPS) is 22.8. The Hall–Kier alpha value is -2.10. The van der Waals surface area contributed by atoms with Crippen LogP contribution in [0.25, 0.3) is 0 Å². The molecule has 1 aromatic carbocycles. The van der Waals surface area contributed by atoms with Gasteiger partial charge >= 0.3 is 6.09 Å². The molecule has 1 amide bonds. The standard InChI is InChI=1S/C20H27NO3/c1-2-3-5-11-17-12-8-13-19(18(17)14-22)21-20(23)24-15-16-9-6-4-7-10-16/h4,6-10,13-14,17-19H,2-3,5,11-12,15H2,1H3,(H,21,23)/t17-,18?,19?/m1/s1. The summed E-state index contributed by atoms with van der Waals surface area (Å²) in [5, 5.41) is 2.83. The van der Waals surface area contributed by atoms with Crippen molar-refractivity contribution in [3.63, 3.8) is 0 Å². The van der Waals surface area contributed by atoms with Gasteiger partial charge in [-0.05, 0) is 24.3 Å². The molecular formula is C20H27NO3. The first kappa shape index (κ1) is 18.2. The molecule has 1 aromatic rings. The van der Waals surface area contributed by atoms with E-state index in [-0.39, 0.29) is 18.6 Å². The molecule has 4 heteroatoms. The van der Waals surface area contributed by atoms with Gasteiger partial charge in [0.25, 0.3) is 0 Å². The van der Waals surface area contributed by atoms with Gasteiger partial charge in [-0.2, -0.15) is 0 Å². The molecule has 1 aliphatic carbocycles. The van der Waals surface area contributed by atoms with Crippen LogP contribution >= 0.6 is 0 Å². The number of nitrogens with one attached hydrogen (secondary N) is 1. The predicted octanol–water partition coefficient (Wildman–Crippen LogP) is 4.25. The van der Waals surface area contributed by atoms with E-state index >= 15 is 0 Å². The SMILES string of the molecule is CCCCC[C@@H]1CC=CC(NC(=O)OCc2ccccc2)C1C=O. The van der Waals surface area contributed by atoms with Gasteiger partial charge < -0.3 is 14.8 Å². The summed E-state index contributed by atoms with van der Waals surface area (Å²) in [6, 6.07) is 9.28. The number of rotatable bonds is 8. The van der Waals surface area contributed by atoms with E-state index in [2.05, 4.69) is 18.3 Å². The first-order chi connectivity index (χ1) is 11.7. The molecule has 4 nitrogen and oxygen atoms in total. The fraction of sp³-hybridized carbons (Fsp3) is 0.500. The molecule has 1 N–H and O–H groups in total. The molecule has 130 valence electrons. The van der Waals surface area contributed by atoms with Gasteiger partial charge in [0, 0.05) is 5.92 Å². The second kappa shape index (κ2) is 9.91. The number of unbranched alkanes of at least 4 members (excludes halogenated alkanes) is 2. The quantitative estimate of drug-likeness (QED) is 0.440. The van der Waals surface area contributed by atoms with Crippen LogP contribution in [-0.2, 0) is 16.1 Å². The first-order valence-electron chi connectivity index (χ1n) is 8.83. The van der Waals surface area contributed by atoms with Gasteiger partial charge in [0.1, 0.15) is 12.9 Å². The number of benzene rings is 1. The minimum atomic E-state index is -0.477. The highest BCUT2D eigenvalue weighted by Gasteiger charge is 2.31. The summed E-state index contributed by atoms with van der Waals surface area (Å²) < 4.78 is 5.26. The van der Waals surface area contributed by atoms with Crippen LogP contribution < -0.4 is 5.32 Å². The Morgan fingerprint density at radius 1 is 1.29 bits per heavy atom. The Balaban J connectivity index is 1.85. The lowest BCUT2D eigenvalue weighted by molar-refractivity contribution is -0.113. The molecule has 0 radical (unpaired) electrons. The van der Waals surface area contributed by atoms with Crippen molar-refractivity contribution in [2.24, 2.45) is 11.8 Å². The Kier molecular flexibility index (Phi) is 7.53. The minimum Gasteiger partial charge on any atom is -0.445 e. The fourth-order valence-corrected chi connectivity index (χ4v) is 3.19. The number of amides is 1. The van der Waals surface area contributed by atoms with Crippen LogP contribution in [0.4, 0.5) is 4.79 Å². The van der Waals surface area contributed by atoms with Crippen LogP contribution in [0.2, 0.25) is 0 Å². The zero-order valence-corrected chi connectivity index (χ0v) is 14.3. The molecule has 0 aromatic heterocycles. The topological polar surface area (TPSA) is 55.4 Å². The Labute approximate surface area is 144 Å². The molecule has 0 saturated heterocycles. The van der Waals surface area contributed by atoms with E-state index in [0.717, 1.165) is 31.1 Å². The molecule has 0 spiro atoms. The smallest absolute Gasteiger partial charge is 0.407 e. The third-order valence-electron chi connectivity index (χ3n) is 4.57. The van der Waals surface area contributed by atoms with Gasteiger partial charge in [-0.3, -0.25) is 0 Å². The van der Waals surface area contributed by atoms with E-state index < -0.39 is 6.09 Å². The van der Waals surface area contributed by atoms with Crippen molar-refractivity contribution >= 4 is 12.4 Å². The van der Waals surface area contributed by atoms with Crippen molar-refractivity contribution in [3.8, 4) is 0 Å². The van der Waals surface area contributed by atoms with Crippen molar-refractivity contribution in [1.29, 1.82) is 0 Å². The van der Waals surface area contributed by atoms with Crippen molar-refractivity contribution < 1.29 is 14.3 Å². The third kappa shape index (κ3) is 5.52. The maximum atomic E-state index is 12.0. The highest BCUT2D eigenvalue weighted by molar-refractivity contribution is 5.69. The van der Waals surface area contributed by atoms with E-state index in [4.69, 9.17) is 4.74 Å². The summed E-state index contributed by atoms with van der Waals surface area (Å²) in [6.07, 6.45) is 9.91. The number of hydrogen-bond acceptors (Lipinski definition) is 3.